The molecule has 0 bridgehead atoms. The number of nitrogens with one attached hydrogen (secondary N) is 1. The number of hydrogen-bond donors (Lipinski definition) is 1. The lowest BCUT2D eigenvalue weighted by molar-refractivity contribution is -0.120. The van der Waals surface area contributed by atoms with Gasteiger partial charge in [0, 0.05) is 35.7 Å². The number of aromatic nitrogens is 2. The Morgan fingerprint density at radius 2 is 1.92 bits per heavy atom. The standard InChI is InChI=1S/C19H16ClN3O/c20-17-6-2-1-4-15(17)10-19(24)23-12-14-7-8-18(22-11-14)16-5-3-9-21-13-16/h1-9,11,13H,10,12H2,(H,23,24). The number of rotatable bonds is 5. The Labute approximate surface area is 145 Å². The Kier molecular flexibility index (Phi) is 5.18. The Balaban J connectivity index is 1.57. The highest BCUT2D eigenvalue weighted by molar-refractivity contribution is 6.31. The van der Waals surface area contributed by atoms with Crippen LogP contribution in [0.2, 0.25) is 5.02 Å². The van der Waals surface area contributed by atoms with Gasteiger partial charge in [0.25, 0.3) is 0 Å². The molecule has 2 aromatic heterocycles. The summed E-state index contributed by atoms with van der Waals surface area (Å²) in [5, 5.41) is 3.49. The number of amides is 1. The van der Waals surface area contributed by atoms with Crippen molar-refractivity contribution in [2.45, 2.75) is 13.0 Å². The van der Waals surface area contributed by atoms with Gasteiger partial charge in [-0.3, -0.25) is 14.8 Å². The average Bonchev–Trinajstić information content (AvgIpc) is 2.63. The summed E-state index contributed by atoms with van der Waals surface area (Å²) in [6.07, 6.45) is 5.53. The largest absolute Gasteiger partial charge is 0.352 e. The molecule has 1 N–H and O–H groups in total. The molecule has 0 spiro atoms. The third kappa shape index (κ3) is 4.18. The zero-order valence-electron chi connectivity index (χ0n) is 12.9. The number of pyridine rings is 2. The molecule has 5 heteroatoms. The van der Waals surface area contributed by atoms with Crippen LogP contribution in [0.15, 0.2) is 67.1 Å². The third-order valence-electron chi connectivity index (χ3n) is 3.58. The summed E-state index contributed by atoms with van der Waals surface area (Å²) in [5.41, 5.74) is 3.58. The minimum absolute atomic E-state index is 0.0700. The molecule has 4 nitrogen and oxygen atoms in total. The van der Waals surface area contributed by atoms with Crippen LogP contribution in [0.1, 0.15) is 11.1 Å². The predicted molar refractivity (Wildman–Crippen MR) is 94.5 cm³/mol. The van der Waals surface area contributed by atoms with Crippen molar-refractivity contribution in [3.8, 4) is 11.3 Å². The van der Waals surface area contributed by atoms with Crippen molar-refractivity contribution in [1.82, 2.24) is 15.3 Å². The highest BCUT2D eigenvalue weighted by atomic mass is 35.5. The van der Waals surface area contributed by atoms with Crippen LogP contribution in [0.5, 0.6) is 0 Å². The summed E-state index contributed by atoms with van der Waals surface area (Å²) in [5.74, 6) is -0.0700. The predicted octanol–water partition coefficient (Wildman–Crippen LogP) is 3.66. The molecule has 0 atom stereocenters. The molecule has 120 valence electrons. The molecular weight excluding hydrogens is 322 g/mol. The molecule has 0 saturated heterocycles. The zero-order chi connectivity index (χ0) is 16.8. The summed E-state index contributed by atoms with van der Waals surface area (Å²) in [7, 11) is 0. The molecule has 0 unspecified atom stereocenters. The van der Waals surface area contributed by atoms with E-state index in [1.807, 2.05) is 42.5 Å². The van der Waals surface area contributed by atoms with Gasteiger partial charge in [0.2, 0.25) is 5.91 Å². The fraction of sp³-hybridized carbons (Fsp3) is 0.105. The second-order valence-corrected chi connectivity index (χ2v) is 5.75. The van der Waals surface area contributed by atoms with Crippen LogP contribution in [-0.2, 0) is 17.8 Å². The number of carbonyl (C=O) groups excluding carboxylic acids is 1. The third-order valence-corrected chi connectivity index (χ3v) is 3.95. The lowest BCUT2D eigenvalue weighted by Crippen LogP contribution is -2.24. The first kappa shape index (κ1) is 16.1. The van der Waals surface area contributed by atoms with E-state index in [1.54, 1.807) is 24.7 Å². The molecule has 0 aliphatic carbocycles. The van der Waals surface area contributed by atoms with E-state index in [0.29, 0.717) is 11.6 Å². The van der Waals surface area contributed by atoms with Crippen molar-refractivity contribution >= 4 is 17.5 Å². The van der Waals surface area contributed by atoms with Crippen LogP contribution in [0.3, 0.4) is 0 Å². The highest BCUT2D eigenvalue weighted by Gasteiger charge is 2.07. The van der Waals surface area contributed by atoms with E-state index in [2.05, 4.69) is 15.3 Å². The van der Waals surface area contributed by atoms with Gasteiger partial charge in [-0.25, -0.2) is 0 Å². The SMILES string of the molecule is O=C(Cc1ccccc1Cl)NCc1ccc(-c2cccnc2)nc1. The Morgan fingerprint density at radius 3 is 2.62 bits per heavy atom. The second kappa shape index (κ2) is 7.70. The van der Waals surface area contributed by atoms with Gasteiger partial charge in [-0.2, -0.15) is 0 Å². The van der Waals surface area contributed by atoms with E-state index in [-0.39, 0.29) is 12.3 Å². The monoisotopic (exact) mass is 337 g/mol. The van der Waals surface area contributed by atoms with Gasteiger partial charge < -0.3 is 5.32 Å². The van der Waals surface area contributed by atoms with Gasteiger partial charge >= 0.3 is 0 Å². The van der Waals surface area contributed by atoms with E-state index in [0.717, 1.165) is 22.4 Å². The van der Waals surface area contributed by atoms with Crippen LogP contribution in [0, 0.1) is 0 Å². The minimum Gasteiger partial charge on any atom is -0.352 e. The second-order valence-electron chi connectivity index (χ2n) is 5.34. The maximum absolute atomic E-state index is 12.0. The first-order valence-corrected chi connectivity index (χ1v) is 7.95. The molecule has 0 fully saturated rings. The number of carbonyl (C=O) groups is 1. The van der Waals surface area contributed by atoms with Crippen LogP contribution < -0.4 is 5.32 Å². The number of halogens is 1. The fourth-order valence-corrected chi connectivity index (χ4v) is 2.49. The highest BCUT2D eigenvalue weighted by Crippen LogP contribution is 2.16. The molecule has 1 aromatic carbocycles. The maximum Gasteiger partial charge on any atom is 0.224 e. The van der Waals surface area contributed by atoms with Crippen LogP contribution in [0.25, 0.3) is 11.3 Å². The smallest absolute Gasteiger partial charge is 0.224 e. The van der Waals surface area contributed by atoms with Crippen molar-refractivity contribution in [1.29, 1.82) is 0 Å². The summed E-state index contributed by atoms with van der Waals surface area (Å²) < 4.78 is 0. The molecular formula is C19H16ClN3O. The molecule has 24 heavy (non-hydrogen) atoms. The van der Waals surface area contributed by atoms with Crippen molar-refractivity contribution in [2.24, 2.45) is 0 Å². The summed E-state index contributed by atoms with van der Waals surface area (Å²) in [4.78, 5) is 20.5. The Bertz CT molecular complexity index is 820. The van der Waals surface area contributed by atoms with Gasteiger partial charge in [-0.1, -0.05) is 35.9 Å². The van der Waals surface area contributed by atoms with E-state index >= 15 is 0 Å². The molecule has 3 rings (SSSR count). The van der Waals surface area contributed by atoms with E-state index in [9.17, 15) is 4.79 Å². The van der Waals surface area contributed by atoms with Gasteiger partial charge in [0.15, 0.2) is 0 Å². The van der Waals surface area contributed by atoms with Crippen molar-refractivity contribution in [2.75, 3.05) is 0 Å². The maximum atomic E-state index is 12.0. The van der Waals surface area contributed by atoms with Gasteiger partial charge in [0.1, 0.15) is 0 Å². The fourth-order valence-electron chi connectivity index (χ4n) is 2.29. The average molecular weight is 338 g/mol. The topological polar surface area (TPSA) is 54.9 Å². The summed E-state index contributed by atoms with van der Waals surface area (Å²) in [6, 6.07) is 15.1. The van der Waals surface area contributed by atoms with Crippen LogP contribution >= 0.6 is 11.6 Å². The van der Waals surface area contributed by atoms with E-state index in [4.69, 9.17) is 11.6 Å². The molecule has 0 radical (unpaired) electrons. The Morgan fingerprint density at radius 1 is 1.04 bits per heavy atom. The molecule has 0 aliphatic rings. The van der Waals surface area contributed by atoms with Crippen LogP contribution in [-0.4, -0.2) is 15.9 Å². The summed E-state index contributed by atoms with van der Waals surface area (Å²) >= 11 is 6.07. The number of benzene rings is 1. The molecule has 3 aromatic rings. The summed E-state index contributed by atoms with van der Waals surface area (Å²) in [6.45, 7) is 0.434. The zero-order valence-corrected chi connectivity index (χ0v) is 13.7. The van der Waals surface area contributed by atoms with Gasteiger partial charge in [-0.15, -0.1) is 0 Å². The first-order valence-electron chi connectivity index (χ1n) is 7.58. The van der Waals surface area contributed by atoms with Gasteiger partial charge in [-0.05, 0) is 35.4 Å². The Hall–Kier alpha value is -2.72. The van der Waals surface area contributed by atoms with Gasteiger partial charge in [0.05, 0.1) is 12.1 Å². The van der Waals surface area contributed by atoms with Crippen molar-refractivity contribution in [3.63, 3.8) is 0 Å². The minimum atomic E-state index is -0.0700. The molecule has 0 aliphatic heterocycles. The van der Waals surface area contributed by atoms with E-state index in [1.165, 1.54) is 0 Å². The molecule has 1 amide bonds. The normalized spacial score (nSPS) is 10.4. The lowest BCUT2D eigenvalue weighted by Gasteiger charge is -2.07. The molecule has 2 heterocycles. The quantitative estimate of drug-likeness (QED) is 0.773. The molecule has 0 saturated carbocycles. The van der Waals surface area contributed by atoms with Crippen molar-refractivity contribution < 1.29 is 4.79 Å². The first-order chi connectivity index (χ1) is 11.7. The van der Waals surface area contributed by atoms with E-state index < -0.39 is 0 Å². The van der Waals surface area contributed by atoms with Crippen LogP contribution in [0.4, 0.5) is 0 Å². The number of nitrogens with zero attached hydrogens (tertiary/aromatic N) is 2. The number of hydrogen-bond acceptors (Lipinski definition) is 3. The lowest BCUT2D eigenvalue weighted by atomic mass is 10.1. The van der Waals surface area contributed by atoms with Crippen molar-refractivity contribution in [3.05, 3.63) is 83.3 Å².